The lowest BCUT2D eigenvalue weighted by Gasteiger charge is -2.25. The molecule has 0 atom stereocenters. The summed E-state index contributed by atoms with van der Waals surface area (Å²) in [5.74, 6) is -0.877. The molecule has 1 aromatic rings. The lowest BCUT2D eigenvalue weighted by atomic mass is 9.98. The predicted molar refractivity (Wildman–Crippen MR) is 74.1 cm³/mol. The van der Waals surface area contributed by atoms with Crippen LogP contribution in [0.3, 0.4) is 0 Å². The van der Waals surface area contributed by atoms with E-state index < -0.39 is 11.5 Å². The largest absolute Gasteiger partial charge is 0.481 e. The Morgan fingerprint density at radius 1 is 1.42 bits per heavy atom. The number of hydrogen-bond donors (Lipinski definition) is 2. The average Bonchev–Trinajstić information content (AvgIpc) is 2.79. The molecule has 2 N–H and O–H groups in total. The first-order valence-electron chi connectivity index (χ1n) is 6.30. The van der Waals surface area contributed by atoms with Crippen LogP contribution in [0.1, 0.15) is 44.5 Å². The molecule has 0 bridgehead atoms. The van der Waals surface area contributed by atoms with Crippen molar-refractivity contribution < 1.29 is 14.7 Å². The van der Waals surface area contributed by atoms with Crippen LogP contribution in [0.15, 0.2) is 11.6 Å². The van der Waals surface area contributed by atoms with Crippen molar-refractivity contribution in [2.75, 3.05) is 0 Å². The van der Waals surface area contributed by atoms with Crippen LogP contribution in [0.4, 0.5) is 0 Å². The molecule has 0 aliphatic rings. The van der Waals surface area contributed by atoms with Gasteiger partial charge in [-0.3, -0.25) is 9.59 Å². The highest BCUT2D eigenvalue weighted by Crippen LogP contribution is 2.13. The van der Waals surface area contributed by atoms with Crippen molar-refractivity contribution in [3.63, 3.8) is 0 Å². The van der Waals surface area contributed by atoms with Gasteiger partial charge in [0.05, 0.1) is 5.01 Å². The third kappa shape index (κ3) is 6.91. The molecule has 0 spiro atoms. The van der Waals surface area contributed by atoms with Gasteiger partial charge in [-0.2, -0.15) is 0 Å². The van der Waals surface area contributed by atoms with Gasteiger partial charge in [0.2, 0.25) is 5.91 Å². The normalized spacial score (nSPS) is 11.3. The predicted octanol–water partition coefficient (Wildman–Crippen LogP) is 2.23. The van der Waals surface area contributed by atoms with Crippen LogP contribution in [0.5, 0.6) is 0 Å². The lowest BCUT2D eigenvalue weighted by Crippen LogP contribution is -2.43. The van der Waals surface area contributed by atoms with Crippen LogP contribution >= 0.6 is 11.3 Å². The molecule has 106 valence electrons. The first-order chi connectivity index (χ1) is 8.89. The van der Waals surface area contributed by atoms with Gasteiger partial charge in [0.15, 0.2) is 0 Å². The summed E-state index contributed by atoms with van der Waals surface area (Å²) in [5.41, 5.74) is -0.476. The number of carbonyl (C=O) groups excluding carboxylic acids is 1. The number of thiazole rings is 1. The average molecular weight is 284 g/mol. The SMILES string of the molecule is CC(C)(CCC(=O)O)NC(=O)CCCc1nccs1. The first-order valence-corrected chi connectivity index (χ1v) is 7.18. The summed E-state index contributed by atoms with van der Waals surface area (Å²) in [6.07, 6.45) is 4.26. The van der Waals surface area contributed by atoms with Gasteiger partial charge in [-0.05, 0) is 33.1 Å². The second kappa shape index (κ2) is 7.23. The zero-order valence-electron chi connectivity index (χ0n) is 11.3. The Morgan fingerprint density at radius 3 is 2.74 bits per heavy atom. The Balaban J connectivity index is 2.24. The van der Waals surface area contributed by atoms with Crippen LogP contribution in [-0.4, -0.2) is 27.5 Å². The van der Waals surface area contributed by atoms with E-state index in [9.17, 15) is 9.59 Å². The quantitative estimate of drug-likeness (QED) is 0.767. The summed E-state index contributed by atoms with van der Waals surface area (Å²) in [5, 5.41) is 14.5. The van der Waals surface area contributed by atoms with E-state index in [2.05, 4.69) is 10.3 Å². The molecule has 1 heterocycles. The fourth-order valence-electron chi connectivity index (χ4n) is 1.70. The number of nitrogens with zero attached hydrogens (tertiary/aromatic N) is 1. The molecule has 1 amide bonds. The van der Waals surface area contributed by atoms with Gasteiger partial charge < -0.3 is 10.4 Å². The molecule has 19 heavy (non-hydrogen) atoms. The molecule has 0 unspecified atom stereocenters. The minimum absolute atomic E-state index is 0.0352. The number of aryl methyl sites for hydroxylation is 1. The van der Waals surface area contributed by atoms with Gasteiger partial charge in [-0.15, -0.1) is 11.3 Å². The first kappa shape index (κ1) is 15.6. The molecule has 0 saturated heterocycles. The number of amides is 1. The third-order valence-corrected chi connectivity index (χ3v) is 3.56. The van der Waals surface area contributed by atoms with Crippen LogP contribution < -0.4 is 5.32 Å². The molecule has 1 aromatic heterocycles. The number of hydrogen-bond acceptors (Lipinski definition) is 4. The summed E-state index contributed by atoms with van der Waals surface area (Å²) < 4.78 is 0. The summed E-state index contributed by atoms with van der Waals surface area (Å²) >= 11 is 1.59. The zero-order chi connectivity index (χ0) is 14.3. The van der Waals surface area contributed by atoms with Crippen molar-refractivity contribution >= 4 is 23.2 Å². The van der Waals surface area contributed by atoms with E-state index in [0.29, 0.717) is 12.8 Å². The van der Waals surface area contributed by atoms with Gasteiger partial charge in [0, 0.05) is 30.0 Å². The monoisotopic (exact) mass is 284 g/mol. The van der Waals surface area contributed by atoms with Crippen LogP contribution in [0, 0.1) is 0 Å². The van der Waals surface area contributed by atoms with Gasteiger partial charge in [-0.25, -0.2) is 4.98 Å². The number of nitrogens with one attached hydrogen (secondary N) is 1. The summed E-state index contributed by atoms with van der Waals surface area (Å²) in [6, 6.07) is 0. The molecule has 0 fully saturated rings. The summed E-state index contributed by atoms with van der Waals surface area (Å²) in [4.78, 5) is 26.4. The highest BCUT2D eigenvalue weighted by molar-refractivity contribution is 7.09. The molecular formula is C13H20N2O3S. The van der Waals surface area contributed by atoms with Crippen LogP contribution in [-0.2, 0) is 16.0 Å². The Kier molecular flexibility index (Phi) is 5.95. The van der Waals surface area contributed by atoms with E-state index in [4.69, 9.17) is 5.11 Å². The maximum absolute atomic E-state index is 11.8. The molecule has 0 aliphatic heterocycles. The highest BCUT2D eigenvalue weighted by Gasteiger charge is 2.21. The zero-order valence-corrected chi connectivity index (χ0v) is 12.1. The minimum atomic E-state index is -0.842. The lowest BCUT2D eigenvalue weighted by molar-refractivity contribution is -0.137. The van der Waals surface area contributed by atoms with Crippen molar-refractivity contribution in [1.29, 1.82) is 0 Å². The van der Waals surface area contributed by atoms with Crippen molar-refractivity contribution in [3.8, 4) is 0 Å². The third-order valence-electron chi connectivity index (χ3n) is 2.72. The molecule has 6 heteroatoms. The number of aliphatic carboxylic acids is 1. The number of carboxylic acid groups (broad SMARTS) is 1. The molecule has 0 aliphatic carbocycles. The second-order valence-corrected chi connectivity index (χ2v) is 6.08. The Hall–Kier alpha value is -1.43. The highest BCUT2D eigenvalue weighted by atomic mass is 32.1. The smallest absolute Gasteiger partial charge is 0.303 e. The number of aromatic nitrogens is 1. The summed E-state index contributed by atoms with van der Waals surface area (Å²) in [7, 11) is 0. The van der Waals surface area contributed by atoms with E-state index in [1.165, 1.54) is 0 Å². The van der Waals surface area contributed by atoms with Gasteiger partial charge in [0.25, 0.3) is 0 Å². The van der Waals surface area contributed by atoms with E-state index >= 15 is 0 Å². The van der Waals surface area contributed by atoms with Gasteiger partial charge in [0.1, 0.15) is 0 Å². The van der Waals surface area contributed by atoms with E-state index in [-0.39, 0.29) is 12.3 Å². The molecule has 5 nitrogen and oxygen atoms in total. The van der Waals surface area contributed by atoms with Gasteiger partial charge in [-0.1, -0.05) is 0 Å². The number of rotatable bonds is 8. The Bertz CT molecular complexity index is 416. The van der Waals surface area contributed by atoms with Crippen molar-refractivity contribution in [2.45, 2.75) is 51.5 Å². The van der Waals surface area contributed by atoms with E-state index in [1.807, 2.05) is 19.2 Å². The maximum Gasteiger partial charge on any atom is 0.303 e. The van der Waals surface area contributed by atoms with Crippen molar-refractivity contribution in [1.82, 2.24) is 10.3 Å². The molecule has 0 aromatic carbocycles. The topological polar surface area (TPSA) is 79.3 Å². The van der Waals surface area contributed by atoms with Crippen LogP contribution in [0.25, 0.3) is 0 Å². The van der Waals surface area contributed by atoms with Gasteiger partial charge >= 0.3 is 5.97 Å². The molecule has 0 saturated carbocycles. The maximum atomic E-state index is 11.8. The second-order valence-electron chi connectivity index (χ2n) is 5.11. The standard InChI is InChI=1S/C13H20N2O3S/c1-13(2,7-6-12(17)18)15-10(16)4-3-5-11-14-8-9-19-11/h8-9H,3-7H2,1-2H3,(H,15,16)(H,17,18). The molecular weight excluding hydrogens is 264 g/mol. The molecule has 0 radical (unpaired) electrons. The number of carbonyl (C=O) groups is 2. The minimum Gasteiger partial charge on any atom is -0.481 e. The molecule has 1 rings (SSSR count). The van der Waals surface area contributed by atoms with Crippen LogP contribution in [0.2, 0.25) is 0 Å². The fraction of sp³-hybridized carbons (Fsp3) is 0.615. The Morgan fingerprint density at radius 2 is 2.16 bits per heavy atom. The number of carboxylic acids is 1. The van der Waals surface area contributed by atoms with E-state index in [1.54, 1.807) is 17.5 Å². The van der Waals surface area contributed by atoms with Crippen molar-refractivity contribution in [2.24, 2.45) is 0 Å². The van der Waals surface area contributed by atoms with E-state index in [0.717, 1.165) is 17.8 Å². The van der Waals surface area contributed by atoms with Crippen molar-refractivity contribution in [3.05, 3.63) is 16.6 Å². The Labute approximate surface area is 117 Å². The summed E-state index contributed by atoms with van der Waals surface area (Å²) in [6.45, 7) is 3.68. The fourth-order valence-corrected chi connectivity index (χ4v) is 2.36.